The number of nitrogens with one attached hydrogen (secondary N) is 1. The first kappa shape index (κ1) is 17.8. The summed E-state index contributed by atoms with van der Waals surface area (Å²) >= 11 is 7.24. The lowest BCUT2D eigenvalue weighted by Gasteiger charge is -2.11. The van der Waals surface area contributed by atoms with Crippen molar-refractivity contribution in [2.75, 3.05) is 4.72 Å². The van der Waals surface area contributed by atoms with Crippen molar-refractivity contribution in [3.05, 3.63) is 67.8 Å². The number of rotatable bonds is 4. The molecular formula is C16H14ClN3O3S. The Morgan fingerprint density at radius 2 is 2.21 bits per heavy atom. The predicted octanol–water partition coefficient (Wildman–Crippen LogP) is 2.16. The Hall–Kier alpha value is -2.56. The van der Waals surface area contributed by atoms with Gasteiger partial charge in [-0.3, -0.25) is 13.9 Å². The summed E-state index contributed by atoms with van der Waals surface area (Å²) in [6.45, 7) is 3.52. The minimum atomic E-state index is -0.565. The molecule has 2 rings (SSSR count). The fourth-order valence-electron chi connectivity index (χ4n) is 1.87. The van der Waals surface area contributed by atoms with E-state index in [-0.39, 0.29) is 23.1 Å². The molecule has 0 fully saturated rings. The monoisotopic (exact) mass is 363 g/mol. The molecule has 0 spiro atoms. The predicted molar refractivity (Wildman–Crippen MR) is 97.3 cm³/mol. The molecule has 6 nitrogen and oxygen atoms in total. The molecule has 0 saturated carbocycles. The van der Waals surface area contributed by atoms with Gasteiger partial charge in [0.2, 0.25) is 0 Å². The zero-order valence-electron chi connectivity index (χ0n) is 12.7. The van der Waals surface area contributed by atoms with Crippen molar-refractivity contribution in [3.8, 4) is 17.6 Å². The number of anilines is 1. The number of hydrogen-bond donors (Lipinski definition) is 2. The van der Waals surface area contributed by atoms with Gasteiger partial charge < -0.3 is 9.83 Å². The van der Waals surface area contributed by atoms with Crippen molar-refractivity contribution in [3.63, 3.8) is 0 Å². The highest BCUT2D eigenvalue weighted by atomic mass is 35.5. The average Bonchev–Trinajstić information content (AvgIpc) is 2.56. The highest BCUT2D eigenvalue weighted by Gasteiger charge is 2.15. The summed E-state index contributed by atoms with van der Waals surface area (Å²) in [7, 11) is 1.36. The molecule has 1 aromatic heterocycles. The molecule has 1 aromatic carbocycles. The van der Waals surface area contributed by atoms with Gasteiger partial charge in [0.1, 0.15) is 16.6 Å². The molecule has 8 heteroatoms. The number of phenols is 1. The second kappa shape index (κ2) is 7.81. The van der Waals surface area contributed by atoms with E-state index in [0.29, 0.717) is 5.56 Å². The van der Waals surface area contributed by atoms with Crippen molar-refractivity contribution in [2.24, 2.45) is 7.05 Å². The van der Waals surface area contributed by atoms with Crippen LogP contribution in [0.3, 0.4) is 0 Å². The third kappa shape index (κ3) is 3.85. The molecule has 2 N–H and O–H groups in total. The summed E-state index contributed by atoms with van der Waals surface area (Å²) in [5.41, 5.74) is -0.409. The van der Waals surface area contributed by atoms with Crippen LogP contribution in [0, 0.1) is 11.8 Å². The molecule has 24 heavy (non-hydrogen) atoms. The summed E-state index contributed by atoms with van der Waals surface area (Å²) in [4.78, 5) is 24.3. The lowest BCUT2D eigenvalue weighted by atomic mass is 10.2. The number of phenolic OH excluding ortho intramolecular Hbond substituents is 1. The molecule has 0 radical (unpaired) electrons. The van der Waals surface area contributed by atoms with Gasteiger partial charge in [-0.2, -0.15) is 0 Å². The van der Waals surface area contributed by atoms with Crippen LogP contribution in [0.15, 0.2) is 45.8 Å². The molecule has 0 aliphatic carbocycles. The molecule has 2 aromatic rings. The van der Waals surface area contributed by atoms with E-state index in [1.165, 1.54) is 29.2 Å². The number of aromatic nitrogens is 2. The summed E-state index contributed by atoms with van der Waals surface area (Å²) in [5, 5.41) is 10.9. The van der Waals surface area contributed by atoms with Crippen molar-refractivity contribution >= 4 is 29.2 Å². The van der Waals surface area contributed by atoms with Crippen LogP contribution in [0.2, 0.25) is 5.15 Å². The van der Waals surface area contributed by atoms with Crippen LogP contribution >= 0.6 is 23.5 Å². The van der Waals surface area contributed by atoms with Crippen LogP contribution in [0.25, 0.3) is 0 Å². The van der Waals surface area contributed by atoms with Gasteiger partial charge in [0.25, 0.3) is 5.56 Å². The zero-order valence-corrected chi connectivity index (χ0v) is 14.3. The number of hydrogen-bond acceptors (Lipinski definition) is 5. The maximum Gasteiger partial charge on any atom is 0.332 e. The van der Waals surface area contributed by atoms with Crippen LogP contribution in [0.4, 0.5) is 5.69 Å². The maximum absolute atomic E-state index is 12.2. The summed E-state index contributed by atoms with van der Waals surface area (Å²) < 4.78 is 4.88. The summed E-state index contributed by atoms with van der Waals surface area (Å²) in [5.74, 6) is 5.74. The smallest absolute Gasteiger partial charge is 0.332 e. The minimum absolute atomic E-state index is 0.00508. The van der Waals surface area contributed by atoms with Gasteiger partial charge in [0.05, 0.1) is 6.54 Å². The molecule has 0 bridgehead atoms. The van der Waals surface area contributed by atoms with E-state index in [9.17, 15) is 14.7 Å². The Labute approximate surface area is 147 Å². The van der Waals surface area contributed by atoms with Crippen LogP contribution in [-0.4, -0.2) is 14.2 Å². The number of aromatic hydroxyl groups is 1. The first-order valence-electron chi connectivity index (χ1n) is 6.75. The fourth-order valence-corrected chi connectivity index (χ4v) is 2.57. The van der Waals surface area contributed by atoms with Crippen LogP contribution < -0.4 is 16.0 Å². The molecule has 0 amide bonds. The van der Waals surface area contributed by atoms with Gasteiger partial charge in [-0.15, -0.1) is 0 Å². The topological polar surface area (TPSA) is 76.3 Å². The summed E-state index contributed by atoms with van der Waals surface area (Å²) in [6.07, 6.45) is 0. The van der Waals surface area contributed by atoms with Crippen molar-refractivity contribution in [2.45, 2.75) is 6.54 Å². The molecule has 1 heterocycles. The molecule has 0 atom stereocenters. The Balaban J connectivity index is 2.40. The molecule has 0 saturated heterocycles. The Kier molecular flexibility index (Phi) is 5.79. The first-order valence-corrected chi connectivity index (χ1v) is 8.01. The van der Waals surface area contributed by atoms with Crippen molar-refractivity contribution in [1.29, 1.82) is 0 Å². The number of halogens is 1. The standard InChI is InChI=1S/C16H14ClN3O3S/c1-3-24-18-13-14(17)20(16(23)19(2)15(13)22)9-5-7-11-6-4-8-12(21)10-11/h3-4,6,8,10,18,21H,1,9H2,2H3. The Morgan fingerprint density at radius 1 is 1.46 bits per heavy atom. The van der Waals surface area contributed by atoms with Gasteiger partial charge in [-0.25, -0.2) is 4.79 Å². The summed E-state index contributed by atoms with van der Waals surface area (Å²) in [6, 6.07) is 6.44. The molecular weight excluding hydrogens is 350 g/mol. The Morgan fingerprint density at radius 3 is 2.88 bits per heavy atom. The van der Waals surface area contributed by atoms with Gasteiger partial charge in [0, 0.05) is 12.6 Å². The highest BCUT2D eigenvalue weighted by Crippen LogP contribution is 2.18. The molecule has 124 valence electrons. The minimum Gasteiger partial charge on any atom is -0.508 e. The molecule has 0 unspecified atom stereocenters. The van der Waals surface area contributed by atoms with E-state index in [2.05, 4.69) is 23.1 Å². The maximum atomic E-state index is 12.2. The van der Waals surface area contributed by atoms with E-state index < -0.39 is 11.2 Å². The van der Waals surface area contributed by atoms with E-state index >= 15 is 0 Å². The number of nitrogens with zero attached hydrogens (tertiary/aromatic N) is 2. The normalized spacial score (nSPS) is 9.92. The van der Waals surface area contributed by atoms with E-state index in [1.54, 1.807) is 12.1 Å². The van der Waals surface area contributed by atoms with Gasteiger partial charge in [0.15, 0.2) is 0 Å². The second-order valence-electron chi connectivity index (χ2n) is 4.64. The second-order valence-corrected chi connectivity index (χ2v) is 5.77. The van der Waals surface area contributed by atoms with E-state index in [4.69, 9.17) is 11.6 Å². The zero-order chi connectivity index (χ0) is 17.7. The highest BCUT2D eigenvalue weighted by molar-refractivity contribution is 8.03. The lowest BCUT2D eigenvalue weighted by Crippen LogP contribution is -2.39. The largest absolute Gasteiger partial charge is 0.508 e. The van der Waals surface area contributed by atoms with Crippen LogP contribution in [0.5, 0.6) is 5.75 Å². The average molecular weight is 364 g/mol. The molecule has 0 aliphatic rings. The van der Waals surface area contributed by atoms with E-state index in [1.807, 2.05) is 0 Å². The third-order valence-corrected chi connectivity index (χ3v) is 3.92. The SMILES string of the molecule is C=CSNc1c(Cl)n(CC#Cc2cccc(O)c2)c(=O)n(C)c1=O. The quantitative estimate of drug-likeness (QED) is 0.494. The van der Waals surface area contributed by atoms with Crippen molar-refractivity contribution < 1.29 is 5.11 Å². The van der Waals surface area contributed by atoms with E-state index in [0.717, 1.165) is 16.5 Å². The van der Waals surface area contributed by atoms with Crippen molar-refractivity contribution in [1.82, 2.24) is 9.13 Å². The van der Waals surface area contributed by atoms with Gasteiger partial charge >= 0.3 is 5.69 Å². The van der Waals surface area contributed by atoms with Crippen LogP contribution in [0.1, 0.15) is 5.56 Å². The van der Waals surface area contributed by atoms with Crippen LogP contribution in [-0.2, 0) is 13.6 Å². The first-order chi connectivity index (χ1) is 11.5. The fraction of sp³-hybridized carbons (Fsp3) is 0.125. The Bertz CT molecular complexity index is 954. The van der Waals surface area contributed by atoms with Gasteiger partial charge in [-0.1, -0.05) is 36.1 Å². The molecule has 0 aliphatic heterocycles. The third-order valence-electron chi connectivity index (χ3n) is 3.04. The lowest BCUT2D eigenvalue weighted by molar-refractivity contribution is 0.475. The van der Waals surface area contributed by atoms with Gasteiger partial charge in [-0.05, 0) is 35.6 Å². The number of benzene rings is 1.